The Morgan fingerprint density at radius 1 is 1.11 bits per heavy atom. The van der Waals surface area contributed by atoms with Crippen LogP contribution < -0.4 is 4.74 Å². The van der Waals surface area contributed by atoms with Gasteiger partial charge in [-0.2, -0.15) is 5.26 Å². The van der Waals surface area contributed by atoms with Crippen LogP contribution in [0.5, 0.6) is 5.75 Å². The number of hydrogen-bond donors (Lipinski definition) is 0. The molecule has 0 aliphatic rings. The first kappa shape index (κ1) is 12.1. The SMILES string of the molecule is C[C@@H](Oc1cccc(F)c1C#N)c1ccccc1. The molecular formula is C15H12FNO. The number of benzene rings is 2. The number of nitrogens with zero attached hydrogens (tertiary/aromatic N) is 1. The van der Waals surface area contributed by atoms with Crippen molar-refractivity contribution in [1.29, 1.82) is 5.26 Å². The molecule has 3 heteroatoms. The molecule has 0 radical (unpaired) electrons. The van der Waals surface area contributed by atoms with Crippen LogP contribution in [0.15, 0.2) is 48.5 Å². The van der Waals surface area contributed by atoms with Crippen LogP contribution in [0.4, 0.5) is 4.39 Å². The lowest BCUT2D eigenvalue weighted by Gasteiger charge is -2.16. The van der Waals surface area contributed by atoms with Crippen molar-refractivity contribution < 1.29 is 9.13 Å². The molecule has 0 saturated heterocycles. The Balaban J connectivity index is 2.25. The molecule has 0 spiro atoms. The van der Waals surface area contributed by atoms with Crippen molar-refractivity contribution in [3.8, 4) is 11.8 Å². The standard InChI is InChI=1S/C15H12FNO/c1-11(12-6-3-2-4-7-12)18-15-9-5-8-14(16)13(15)10-17/h2-9,11H,1H3/t11-/m1/s1. The number of halogens is 1. The van der Waals surface area contributed by atoms with Crippen molar-refractivity contribution >= 4 is 0 Å². The molecule has 0 fully saturated rings. The van der Waals surface area contributed by atoms with Crippen LogP contribution >= 0.6 is 0 Å². The Morgan fingerprint density at radius 3 is 2.50 bits per heavy atom. The van der Waals surface area contributed by atoms with Crippen molar-refractivity contribution in [2.75, 3.05) is 0 Å². The van der Waals surface area contributed by atoms with E-state index in [9.17, 15) is 4.39 Å². The highest BCUT2D eigenvalue weighted by Crippen LogP contribution is 2.26. The van der Waals surface area contributed by atoms with E-state index < -0.39 is 5.82 Å². The minimum atomic E-state index is -0.560. The van der Waals surface area contributed by atoms with Gasteiger partial charge in [0.25, 0.3) is 0 Å². The van der Waals surface area contributed by atoms with Gasteiger partial charge in [-0.3, -0.25) is 0 Å². The van der Waals surface area contributed by atoms with E-state index in [2.05, 4.69) is 0 Å². The molecule has 1 atom stereocenters. The van der Waals surface area contributed by atoms with E-state index in [1.165, 1.54) is 12.1 Å². The van der Waals surface area contributed by atoms with E-state index in [-0.39, 0.29) is 17.4 Å². The van der Waals surface area contributed by atoms with Gasteiger partial charge in [0.05, 0.1) is 0 Å². The summed E-state index contributed by atoms with van der Waals surface area (Å²) in [7, 11) is 0. The average molecular weight is 241 g/mol. The summed E-state index contributed by atoms with van der Waals surface area (Å²) < 4.78 is 19.0. The second-order valence-electron chi connectivity index (χ2n) is 3.90. The quantitative estimate of drug-likeness (QED) is 0.818. The molecule has 0 aromatic heterocycles. The molecule has 2 nitrogen and oxygen atoms in total. The third-order valence-corrected chi connectivity index (χ3v) is 2.66. The minimum Gasteiger partial charge on any atom is -0.485 e. The van der Waals surface area contributed by atoms with Gasteiger partial charge in [-0.15, -0.1) is 0 Å². The van der Waals surface area contributed by atoms with Crippen LogP contribution in [0.2, 0.25) is 0 Å². The number of nitriles is 1. The third-order valence-electron chi connectivity index (χ3n) is 2.66. The van der Waals surface area contributed by atoms with Gasteiger partial charge in [0, 0.05) is 0 Å². The van der Waals surface area contributed by atoms with Gasteiger partial charge < -0.3 is 4.74 Å². The molecule has 0 amide bonds. The molecule has 0 unspecified atom stereocenters. The molecule has 2 aromatic carbocycles. The predicted molar refractivity (Wildman–Crippen MR) is 66.6 cm³/mol. The summed E-state index contributed by atoms with van der Waals surface area (Å²) in [6.07, 6.45) is -0.236. The highest BCUT2D eigenvalue weighted by molar-refractivity contribution is 5.44. The second kappa shape index (κ2) is 5.33. The maximum atomic E-state index is 13.4. The van der Waals surface area contributed by atoms with Gasteiger partial charge in [-0.1, -0.05) is 36.4 Å². The lowest BCUT2D eigenvalue weighted by molar-refractivity contribution is 0.225. The van der Waals surface area contributed by atoms with Gasteiger partial charge in [-0.05, 0) is 24.6 Å². The molecule has 0 aliphatic heterocycles. The van der Waals surface area contributed by atoms with E-state index in [4.69, 9.17) is 10.00 Å². The van der Waals surface area contributed by atoms with Crippen LogP contribution in [-0.2, 0) is 0 Å². The molecule has 2 aromatic rings. The van der Waals surface area contributed by atoms with E-state index >= 15 is 0 Å². The van der Waals surface area contributed by atoms with Crippen molar-refractivity contribution in [3.05, 3.63) is 65.5 Å². The lowest BCUT2D eigenvalue weighted by atomic mass is 10.1. The first-order valence-corrected chi connectivity index (χ1v) is 5.62. The molecule has 2 rings (SSSR count). The van der Waals surface area contributed by atoms with Gasteiger partial charge >= 0.3 is 0 Å². The monoisotopic (exact) mass is 241 g/mol. The van der Waals surface area contributed by atoms with Gasteiger partial charge in [-0.25, -0.2) is 4.39 Å². The Morgan fingerprint density at radius 2 is 1.83 bits per heavy atom. The lowest BCUT2D eigenvalue weighted by Crippen LogP contribution is -2.04. The average Bonchev–Trinajstić information content (AvgIpc) is 2.40. The Hall–Kier alpha value is -2.34. The maximum Gasteiger partial charge on any atom is 0.144 e. The van der Waals surface area contributed by atoms with Crippen LogP contribution in [0.1, 0.15) is 24.2 Å². The van der Waals surface area contributed by atoms with Gasteiger partial charge in [0.2, 0.25) is 0 Å². The van der Waals surface area contributed by atoms with Crippen LogP contribution in [0.25, 0.3) is 0 Å². The van der Waals surface area contributed by atoms with E-state index in [0.29, 0.717) is 0 Å². The zero-order valence-electron chi connectivity index (χ0n) is 9.93. The van der Waals surface area contributed by atoms with Crippen LogP contribution in [-0.4, -0.2) is 0 Å². The molecule has 0 aliphatic carbocycles. The van der Waals surface area contributed by atoms with Crippen LogP contribution in [0.3, 0.4) is 0 Å². The largest absolute Gasteiger partial charge is 0.485 e. The molecule has 90 valence electrons. The first-order chi connectivity index (χ1) is 8.72. The zero-order chi connectivity index (χ0) is 13.0. The maximum absolute atomic E-state index is 13.4. The number of rotatable bonds is 3. The predicted octanol–water partition coefficient (Wildman–Crippen LogP) is 3.84. The fraction of sp³-hybridized carbons (Fsp3) is 0.133. The Bertz CT molecular complexity index is 575. The first-order valence-electron chi connectivity index (χ1n) is 5.62. The second-order valence-corrected chi connectivity index (χ2v) is 3.90. The van der Waals surface area contributed by atoms with Gasteiger partial charge in [0.15, 0.2) is 0 Å². The molecule has 0 bridgehead atoms. The Kier molecular flexibility index (Phi) is 3.59. The highest BCUT2D eigenvalue weighted by atomic mass is 19.1. The summed E-state index contributed by atoms with van der Waals surface area (Å²) in [4.78, 5) is 0. The summed E-state index contributed by atoms with van der Waals surface area (Å²) in [6, 6.07) is 15.8. The summed E-state index contributed by atoms with van der Waals surface area (Å²) in [5.41, 5.74) is 0.922. The topological polar surface area (TPSA) is 33.0 Å². The molecular weight excluding hydrogens is 229 g/mol. The molecule has 0 heterocycles. The fourth-order valence-corrected chi connectivity index (χ4v) is 1.69. The van der Waals surface area contributed by atoms with Crippen molar-refractivity contribution in [2.45, 2.75) is 13.0 Å². The molecule has 0 saturated carbocycles. The zero-order valence-corrected chi connectivity index (χ0v) is 9.93. The van der Waals surface area contributed by atoms with E-state index in [1.807, 2.05) is 43.3 Å². The number of hydrogen-bond acceptors (Lipinski definition) is 2. The summed E-state index contributed by atoms with van der Waals surface area (Å²) in [5.74, 6) is -0.288. The van der Waals surface area contributed by atoms with Crippen molar-refractivity contribution in [3.63, 3.8) is 0 Å². The smallest absolute Gasteiger partial charge is 0.144 e. The number of ether oxygens (including phenoxy) is 1. The summed E-state index contributed by atoms with van der Waals surface area (Å²) in [6.45, 7) is 1.86. The normalized spacial score (nSPS) is 11.6. The Labute approximate surface area is 105 Å². The summed E-state index contributed by atoms with van der Waals surface area (Å²) in [5, 5.41) is 8.91. The fourth-order valence-electron chi connectivity index (χ4n) is 1.69. The third kappa shape index (κ3) is 2.49. The highest BCUT2D eigenvalue weighted by Gasteiger charge is 2.13. The van der Waals surface area contributed by atoms with Gasteiger partial charge in [0.1, 0.15) is 29.3 Å². The molecule has 0 N–H and O–H groups in total. The minimum absolute atomic E-state index is 0.0553. The van der Waals surface area contributed by atoms with E-state index in [1.54, 1.807) is 6.07 Å². The van der Waals surface area contributed by atoms with Crippen molar-refractivity contribution in [1.82, 2.24) is 0 Å². The molecule has 18 heavy (non-hydrogen) atoms. The van der Waals surface area contributed by atoms with Crippen molar-refractivity contribution in [2.24, 2.45) is 0 Å². The van der Waals surface area contributed by atoms with E-state index in [0.717, 1.165) is 5.56 Å². The van der Waals surface area contributed by atoms with Crippen LogP contribution in [0, 0.1) is 17.1 Å². The summed E-state index contributed by atoms with van der Waals surface area (Å²) >= 11 is 0.